The standard InChI is InChI=1S/C9H13.2C6H5FO.C6H7.2CH3.H2Si.Zr/c1-9(2,3)8-6-4-5-7-8;2*7-5-1-3-6(8)4-2-5;1-6-4-2-3-5-6;;;;/h6-7H,4H2,1-3H3;2*1-4,8H;2,4H,5H2,1H3;2*1H3;1H2;/q-1;;;3*-1;;. The van der Waals surface area contributed by atoms with Crippen LogP contribution in [0.3, 0.4) is 0 Å². The summed E-state index contributed by atoms with van der Waals surface area (Å²) in [6, 6.07) is 10.0. The molecule has 0 atom stereocenters. The number of halogens is 2. The van der Waals surface area contributed by atoms with Crippen molar-refractivity contribution in [3.05, 3.63) is 123 Å². The first-order chi connectivity index (χ1) is 15.6. The molecule has 2 N–H and O–H groups in total. The molecule has 4 rings (SSSR count). The van der Waals surface area contributed by atoms with Gasteiger partial charge in [-0.3, -0.25) is 12.2 Å². The Morgan fingerprint density at radius 3 is 1.43 bits per heavy atom. The molecule has 0 amide bonds. The summed E-state index contributed by atoms with van der Waals surface area (Å²) in [4.78, 5) is 0. The Morgan fingerprint density at radius 1 is 0.829 bits per heavy atom. The molecule has 2 aromatic rings. The van der Waals surface area contributed by atoms with Gasteiger partial charge in [0.05, 0.1) is 0 Å². The summed E-state index contributed by atoms with van der Waals surface area (Å²) in [6.45, 7) is 10.7. The predicted molar refractivity (Wildman–Crippen MR) is 144 cm³/mol. The molecule has 192 valence electrons. The maximum absolute atomic E-state index is 12.0. The molecule has 0 heterocycles. The third-order valence-corrected chi connectivity index (χ3v) is 4.08. The van der Waals surface area contributed by atoms with Crippen LogP contribution in [0.5, 0.6) is 11.5 Å². The molecule has 0 aliphatic heterocycles. The van der Waals surface area contributed by atoms with Crippen LogP contribution in [0.15, 0.2) is 84.0 Å². The molecule has 0 fully saturated rings. The van der Waals surface area contributed by atoms with Gasteiger partial charge in [-0.25, -0.2) is 27.0 Å². The molecule has 0 radical (unpaired) electrons. The van der Waals surface area contributed by atoms with Gasteiger partial charge >= 0.3 is 30.2 Å². The Morgan fingerprint density at radius 2 is 1.26 bits per heavy atom. The summed E-state index contributed by atoms with van der Waals surface area (Å²) in [7, 11) is 0. The zero-order chi connectivity index (χ0) is 25.3. The van der Waals surface area contributed by atoms with Gasteiger partial charge in [-0.1, -0.05) is 33.1 Å². The number of hydrogen-bond acceptors (Lipinski definition) is 2. The van der Waals surface area contributed by atoms with Crippen LogP contribution in [-0.2, 0) is 23.3 Å². The number of benzene rings is 2. The normalized spacial score (nSPS) is 12.1. The van der Waals surface area contributed by atoms with Crippen molar-refractivity contribution >= 4 is 6.88 Å². The summed E-state index contributed by atoms with van der Waals surface area (Å²) in [5.74, 6) is -0.483. The van der Waals surface area contributed by atoms with Gasteiger partial charge < -0.3 is 25.1 Å². The van der Waals surface area contributed by atoms with Crippen LogP contribution in [0.4, 0.5) is 8.78 Å². The van der Waals surface area contributed by atoms with Crippen LogP contribution in [0.25, 0.3) is 0 Å². The van der Waals surface area contributed by atoms with Crippen molar-refractivity contribution in [3.8, 4) is 11.5 Å². The summed E-state index contributed by atoms with van der Waals surface area (Å²) in [6.07, 6.45) is 16.6. The van der Waals surface area contributed by atoms with E-state index in [0.717, 1.165) is 12.8 Å². The number of phenols is 2. The molecule has 0 aromatic heterocycles. The average molecular weight is 576 g/mol. The molecular weight excluding hydrogens is 538 g/mol. The summed E-state index contributed by atoms with van der Waals surface area (Å²) >= 11 is 1.58. The second-order valence-corrected chi connectivity index (χ2v) is 7.98. The van der Waals surface area contributed by atoms with Crippen LogP contribution in [0, 0.1) is 44.1 Å². The molecule has 0 unspecified atom stereocenters. The van der Waals surface area contributed by atoms with Crippen LogP contribution >= 0.6 is 0 Å². The van der Waals surface area contributed by atoms with Gasteiger partial charge in [0, 0.05) is 0 Å². The summed E-state index contributed by atoms with van der Waals surface area (Å²) in [5, 5.41) is 17.2. The zero-order valence-electron chi connectivity index (χ0n) is 21.7. The van der Waals surface area contributed by atoms with Crippen LogP contribution in [-0.4, -0.2) is 17.1 Å². The molecule has 2 aliphatic rings. The second-order valence-electron chi connectivity index (χ2n) is 7.98. The number of hydrogen-bond donors (Lipinski definition) is 2. The summed E-state index contributed by atoms with van der Waals surface area (Å²) < 4.78 is 24.0. The molecule has 2 aliphatic carbocycles. The third-order valence-electron chi connectivity index (χ3n) is 4.08. The van der Waals surface area contributed by atoms with E-state index in [1.165, 1.54) is 59.7 Å². The van der Waals surface area contributed by atoms with E-state index in [2.05, 4.69) is 58.1 Å². The van der Waals surface area contributed by atoms with E-state index < -0.39 is 0 Å². The quantitative estimate of drug-likeness (QED) is 0.253. The van der Waals surface area contributed by atoms with Crippen molar-refractivity contribution < 1.29 is 42.3 Å². The summed E-state index contributed by atoms with van der Waals surface area (Å²) in [5.41, 5.74) is 3.15. The van der Waals surface area contributed by atoms with E-state index in [1.54, 1.807) is 23.3 Å². The average Bonchev–Trinajstić information content (AvgIpc) is 3.49. The van der Waals surface area contributed by atoms with Crippen LogP contribution < -0.4 is 0 Å². The topological polar surface area (TPSA) is 40.5 Å². The van der Waals surface area contributed by atoms with Crippen LogP contribution in [0.1, 0.15) is 40.5 Å². The molecule has 0 bridgehead atoms. The first-order valence-corrected chi connectivity index (χ1v) is 16.2. The Labute approximate surface area is 228 Å². The van der Waals surface area contributed by atoms with E-state index in [-0.39, 0.29) is 38.0 Å². The first kappa shape index (κ1) is 37.5. The van der Waals surface area contributed by atoms with Gasteiger partial charge in [0.25, 0.3) is 0 Å². The van der Waals surface area contributed by atoms with E-state index in [1.807, 2.05) is 13.0 Å². The van der Waals surface area contributed by atoms with Crippen molar-refractivity contribution in [2.24, 2.45) is 5.41 Å². The van der Waals surface area contributed by atoms with E-state index in [0.29, 0.717) is 5.41 Å². The number of allylic oxidation sites excluding steroid dienone is 8. The SMILES string of the molecule is CC(C)(C)C1=CC[C-]=C1.CC1=CC=[C-]C1.Oc1ccc(F)cc1.Oc1ccc(F)cc1.[CH3-].[CH3-].[SiH2]=[Zr]. The Hall–Kier alpha value is -2.04. The van der Waals surface area contributed by atoms with Crippen molar-refractivity contribution in [3.63, 3.8) is 0 Å². The van der Waals surface area contributed by atoms with E-state index in [9.17, 15) is 8.78 Å². The molecule has 35 heavy (non-hydrogen) atoms. The third kappa shape index (κ3) is 19.9. The molecule has 0 saturated heterocycles. The van der Waals surface area contributed by atoms with E-state index in [4.69, 9.17) is 10.2 Å². The number of phenolic OH excluding ortho intramolecular Hbond substituents is 2. The van der Waals surface area contributed by atoms with Crippen LogP contribution in [0.2, 0.25) is 0 Å². The fourth-order valence-electron chi connectivity index (χ4n) is 2.28. The Bertz CT molecular complexity index is 841. The van der Waals surface area contributed by atoms with Gasteiger partial charge in [-0.05, 0) is 48.5 Å². The number of rotatable bonds is 0. The monoisotopic (exact) mass is 574 g/mol. The fourth-order valence-corrected chi connectivity index (χ4v) is 2.28. The van der Waals surface area contributed by atoms with Crippen molar-refractivity contribution in [1.29, 1.82) is 0 Å². The first-order valence-electron chi connectivity index (χ1n) is 10.3. The Balaban J connectivity index is -0.000000376. The Kier molecular flexibility index (Phi) is 22.8. The molecule has 2 aromatic carbocycles. The van der Waals surface area contributed by atoms with Crippen molar-refractivity contribution in [1.82, 2.24) is 0 Å². The van der Waals surface area contributed by atoms with Gasteiger partial charge in [0.15, 0.2) is 0 Å². The minimum absolute atomic E-state index is 0. The fraction of sp³-hybridized carbons (Fsp3) is 0.241. The van der Waals surface area contributed by atoms with E-state index >= 15 is 0 Å². The van der Waals surface area contributed by atoms with Gasteiger partial charge in [-0.2, -0.15) is 17.2 Å². The van der Waals surface area contributed by atoms with Gasteiger partial charge in [0.1, 0.15) is 23.1 Å². The molecule has 2 nitrogen and oxygen atoms in total. The molecule has 0 saturated carbocycles. The van der Waals surface area contributed by atoms with Crippen molar-refractivity contribution in [2.45, 2.75) is 40.5 Å². The maximum atomic E-state index is 12.0. The predicted octanol–water partition coefficient (Wildman–Crippen LogP) is 7.46. The molecule has 0 spiro atoms. The van der Waals surface area contributed by atoms with Gasteiger partial charge in [-0.15, -0.1) is 12.8 Å². The zero-order valence-corrected chi connectivity index (χ0v) is 25.6. The second kappa shape index (κ2) is 21.3. The molecular formula is C29H38F2O2SiZr-4. The minimum atomic E-state index is -0.331. The van der Waals surface area contributed by atoms with Gasteiger partial charge in [0.2, 0.25) is 0 Å². The van der Waals surface area contributed by atoms with Crippen molar-refractivity contribution in [2.75, 3.05) is 0 Å². The number of aromatic hydroxyl groups is 2. The molecule has 6 heteroatoms.